The van der Waals surface area contributed by atoms with Crippen LogP contribution in [0.5, 0.6) is 5.75 Å². The standard InChI is InChI=1S/C16H18ClF3N4O2/c1-8(2)11(7-25)22-15-23-13(16(18,19)20)6-14(24-15)21-10-5-9(17)3-4-12(10)26/h3-6,8,11,25-26H,7H2,1-2H3,(H2,21,22,23,24)/t11-/m1/s1. The number of phenolic OH excluding ortho intramolecular Hbond substituents is 1. The molecule has 0 aliphatic rings. The van der Waals surface area contributed by atoms with Crippen molar-refractivity contribution in [3.63, 3.8) is 0 Å². The molecule has 0 saturated carbocycles. The highest BCUT2D eigenvalue weighted by molar-refractivity contribution is 6.30. The summed E-state index contributed by atoms with van der Waals surface area (Å²) in [5, 5.41) is 24.7. The molecule has 142 valence electrons. The van der Waals surface area contributed by atoms with Crippen molar-refractivity contribution in [1.82, 2.24) is 9.97 Å². The third-order valence-corrected chi connectivity index (χ3v) is 3.79. The fourth-order valence-corrected chi connectivity index (χ4v) is 2.23. The van der Waals surface area contributed by atoms with E-state index < -0.39 is 17.9 Å². The number of aromatic hydroxyl groups is 1. The summed E-state index contributed by atoms with van der Waals surface area (Å²) in [7, 11) is 0. The summed E-state index contributed by atoms with van der Waals surface area (Å²) in [5.74, 6) is -0.748. The first-order chi connectivity index (χ1) is 12.1. The number of alkyl halides is 3. The van der Waals surface area contributed by atoms with Crippen molar-refractivity contribution in [2.75, 3.05) is 17.2 Å². The van der Waals surface area contributed by atoms with Gasteiger partial charge >= 0.3 is 6.18 Å². The number of halogens is 4. The number of hydrogen-bond acceptors (Lipinski definition) is 6. The molecule has 0 radical (unpaired) electrons. The van der Waals surface area contributed by atoms with Crippen LogP contribution in [-0.2, 0) is 6.18 Å². The molecule has 26 heavy (non-hydrogen) atoms. The van der Waals surface area contributed by atoms with E-state index in [1.807, 2.05) is 0 Å². The maximum Gasteiger partial charge on any atom is 0.433 e. The Bertz CT molecular complexity index is 772. The van der Waals surface area contributed by atoms with E-state index in [0.717, 1.165) is 6.07 Å². The van der Waals surface area contributed by atoms with Crippen LogP contribution in [-0.4, -0.2) is 32.8 Å². The van der Waals surface area contributed by atoms with E-state index in [1.54, 1.807) is 13.8 Å². The monoisotopic (exact) mass is 390 g/mol. The van der Waals surface area contributed by atoms with Crippen LogP contribution in [0.4, 0.5) is 30.6 Å². The summed E-state index contributed by atoms with van der Waals surface area (Å²) in [6.07, 6.45) is -4.70. The summed E-state index contributed by atoms with van der Waals surface area (Å²) in [6, 6.07) is 4.28. The summed E-state index contributed by atoms with van der Waals surface area (Å²) in [5.41, 5.74) is -1.07. The molecule has 1 aromatic carbocycles. The van der Waals surface area contributed by atoms with Crippen LogP contribution in [0.15, 0.2) is 24.3 Å². The van der Waals surface area contributed by atoms with Gasteiger partial charge in [0.05, 0.1) is 18.3 Å². The molecule has 2 rings (SSSR count). The van der Waals surface area contributed by atoms with Gasteiger partial charge in [-0.2, -0.15) is 18.2 Å². The molecular formula is C16H18ClF3N4O2. The Labute approximate surface area is 153 Å². The minimum Gasteiger partial charge on any atom is -0.506 e. The lowest BCUT2D eigenvalue weighted by Gasteiger charge is -2.21. The van der Waals surface area contributed by atoms with Crippen molar-refractivity contribution in [3.05, 3.63) is 35.0 Å². The van der Waals surface area contributed by atoms with Gasteiger partial charge in [0.1, 0.15) is 11.6 Å². The Hall–Kier alpha value is -2.26. The summed E-state index contributed by atoms with van der Waals surface area (Å²) >= 11 is 5.84. The molecule has 0 aliphatic heterocycles. The van der Waals surface area contributed by atoms with Crippen LogP contribution in [0.1, 0.15) is 19.5 Å². The molecule has 0 saturated heterocycles. The van der Waals surface area contributed by atoms with Gasteiger partial charge in [-0.05, 0) is 24.1 Å². The molecule has 0 bridgehead atoms. The maximum atomic E-state index is 13.1. The van der Waals surface area contributed by atoms with Crippen LogP contribution in [0.25, 0.3) is 0 Å². The van der Waals surface area contributed by atoms with Crippen LogP contribution < -0.4 is 10.6 Å². The molecule has 0 fully saturated rings. The number of phenols is 1. The average molecular weight is 391 g/mol. The molecule has 1 aromatic heterocycles. The number of anilines is 3. The predicted octanol–water partition coefficient (Wildman–Crippen LogP) is 4.03. The van der Waals surface area contributed by atoms with Crippen molar-refractivity contribution in [2.24, 2.45) is 5.92 Å². The first-order valence-electron chi connectivity index (χ1n) is 7.69. The van der Waals surface area contributed by atoms with E-state index in [0.29, 0.717) is 0 Å². The quantitative estimate of drug-likeness (QED) is 0.557. The zero-order valence-electron chi connectivity index (χ0n) is 14.0. The van der Waals surface area contributed by atoms with Crippen molar-refractivity contribution in [3.8, 4) is 5.75 Å². The Morgan fingerprint density at radius 2 is 1.88 bits per heavy atom. The van der Waals surface area contributed by atoms with Gasteiger partial charge in [-0.3, -0.25) is 0 Å². The fourth-order valence-electron chi connectivity index (χ4n) is 2.06. The van der Waals surface area contributed by atoms with Gasteiger partial charge in [0.15, 0.2) is 5.69 Å². The van der Waals surface area contributed by atoms with Crippen LogP contribution >= 0.6 is 11.6 Å². The van der Waals surface area contributed by atoms with Crippen molar-refractivity contribution < 1.29 is 23.4 Å². The predicted molar refractivity (Wildman–Crippen MR) is 92.8 cm³/mol. The lowest BCUT2D eigenvalue weighted by molar-refractivity contribution is -0.141. The third kappa shape index (κ3) is 5.12. The van der Waals surface area contributed by atoms with E-state index >= 15 is 0 Å². The van der Waals surface area contributed by atoms with E-state index in [4.69, 9.17) is 11.6 Å². The molecule has 0 unspecified atom stereocenters. The van der Waals surface area contributed by atoms with Crippen LogP contribution in [0, 0.1) is 5.92 Å². The molecule has 0 spiro atoms. The zero-order chi connectivity index (χ0) is 19.5. The molecule has 4 N–H and O–H groups in total. The van der Waals surface area contributed by atoms with Crippen molar-refractivity contribution >= 4 is 29.1 Å². The Morgan fingerprint density at radius 3 is 2.46 bits per heavy atom. The first-order valence-corrected chi connectivity index (χ1v) is 8.07. The smallest absolute Gasteiger partial charge is 0.433 e. The Morgan fingerprint density at radius 1 is 1.19 bits per heavy atom. The molecule has 1 heterocycles. The number of nitrogens with zero attached hydrogens (tertiary/aromatic N) is 2. The molecule has 2 aromatic rings. The summed E-state index contributed by atoms with van der Waals surface area (Å²) in [6.45, 7) is 3.30. The number of hydrogen-bond donors (Lipinski definition) is 4. The van der Waals surface area contributed by atoms with Crippen molar-refractivity contribution in [1.29, 1.82) is 0 Å². The van der Waals surface area contributed by atoms with Gasteiger partial charge < -0.3 is 20.8 Å². The molecular weight excluding hydrogens is 373 g/mol. The molecule has 6 nitrogen and oxygen atoms in total. The molecule has 0 amide bonds. The zero-order valence-corrected chi connectivity index (χ0v) is 14.7. The van der Waals surface area contributed by atoms with E-state index in [9.17, 15) is 23.4 Å². The SMILES string of the molecule is CC(C)[C@@H](CO)Nc1nc(Nc2cc(Cl)ccc2O)cc(C(F)(F)F)n1. The van der Waals surface area contributed by atoms with Gasteiger partial charge in [0.2, 0.25) is 5.95 Å². The van der Waals surface area contributed by atoms with Gasteiger partial charge in [0.25, 0.3) is 0 Å². The second kappa shape index (κ2) is 7.96. The van der Waals surface area contributed by atoms with Gasteiger partial charge in [-0.25, -0.2) is 4.98 Å². The highest BCUT2D eigenvalue weighted by Gasteiger charge is 2.34. The van der Waals surface area contributed by atoms with E-state index in [2.05, 4.69) is 20.6 Å². The number of aliphatic hydroxyl groups is 1. The lowest BCUT2D eigenvalue weighted by atomic mass is 10.1. The minimum absolute atomic E-state index is 0.0634. The molecule has 0 aliphatic carbocycles. The van der Waals surface area contributed by atoms with E-state index in [-0.39, 0.29) is 40.8 Å². The average Bonchev–Trinajstić information content (AvgIpc) is 2.54. The second-order valence-electron chi connectivity index (χ2n) is 5.92. The molecule has 1 atom stereocenters. The molecule has 10 heteroatoms. The third-order valence-electron chi connectivity index (χ3n) is 3.55. The minimum atomic E-state index is -4.70. The summed E-state index contributed by atoms with van der Waals surface area (Å²) in [4.78, 5) is 7.45. The van der Waals surface area contributed by atoms with E-state index in [1.165, 1.54) is 18.2 Å². The van der Waals surface area contributed by atoms with Crippen molar-refractivity contribution in [2.45, 2.75) is 26.1 Å². The number of aliphatic hydroxyl groups excluding tert-OH is 1. The normalized spacial score (nSPS) is 12.9. The van der Waals surface area contributed by atoms with Gasteiger partial charge in [-0.1, -0.05) is 25.4 Å². The summed E-state index contributed by atoms with van der Waals surface area (Å²) < 4.78 is 39.4. The Balaban J connectivity index is 2.41. The first kappa shape index (κ1) is 20.1. The topological polar surface area (TPSA) is 90.3 Å². The van der Waals surface area contributed by atoms with Gasteiger partial charge in [-0.15, -0.1) is 0 Å². The lowest BCUT2D eigenvalue weighted by Crippen LogP contribution is -2.30. The largest absolute Gasteiger partial charge is 0.506 e. The van der Waals surface area contributed by atoms with Crippen LogP contribution in [0.3, 0.4) is 0 Å². The van der Waals surface area contributed by atoms with Crippen LogP contribution in [0.2, 0.25) is 5.02 Å². The van der Waals surface area contributed by atoms with Gasteiger partial charge in [0, 0.05) is 11.1 Å². The number of benzene rings is 1. The fraction of sp³-hybridized carbons (Fsp3) is 0.375. The number of aromatic nitrogens is 2. The second-order valence-corrected chi connectivity index (χ2v) is 6.36. The Kier molecular flexibility index (Phi) is 6.14. The number of nitrogens with one attached hydrogen (secondary N) is 2. The maximum absolute atomic E-state index is 13.1. The highest BCUT2D eigenvalue weighted by atomic mass is 35.5. The highest BCUT2D eigenvalue weighted by Crippen LogP contribution is 2.33. The number of rotatable bonds is 6.